The summed E-state index contributed by atoms with van der Waals surface area (Å²) in [6.45, 7) is 0.311. The van der Waals surface area contributed by atoms with Gasteiger partial charge in [0, 0.05) is 15.7 Å². The van der Waals surface area contributed by atoms with Gasteiger partial charge in [-0.15, -0.1) is 0 Å². The third kappa shape index (κ3) is 2.54. The van der Waals surface area contributed by atoms with E-state index in [1.54, 1.807) is 25.2 Å². The van der Waals surface area contributed by atoms with Gasteiger partial charge in [0.2, 0.25) is 0 Å². The molecule has 0 aliphatic heterocycles. The third-order valence-corrected chi connectivity index (χ3v) is 2.14. The fourth-order valence-electron chi connectivity index (χ4n) is 1.04. The lowest BCUT2D eigenvalue weighted by Crippen LogP contribution is -2.19. The summed E-state index contributed by atoms with van der Waals surface area (Å²) in [5.41, 5.74) is 6.75. The molecule has 0 saturated heterocycles. The zero-order valence-electron chi connectivity index (χ0n) is 7.30. The van der Waals surface area contributed by atoms with Crippen LogP contribution in [0.1, 0.15) is 10.4 Å². The van der Waals surface area contributed by atoms with Gasteiger partial charge < -0.3 is 11.1 Å². The number of halogens is 1. The minimum absolute atomic E-state index is 0.00694. The van der Waals surface area contributed by atoms with E-state index in [0.717, 1.165) is 4.47 Å². The maximum absolute atomic E-state index is 11.4. The highest BCUT2D eigenvalue weighted by molar-refractivity contribution is 9.10. The van der Waals surface area contributed by atoms with Gasteiger partial charge in [0.1, 0.15) is 0 Å². The molecule has 4 heteroatoms. The van der Waals surface area contributed by atoms with Gasteiger partial charge in [0.05, 0.1) is 6.54 Å². The summed E-state index contributed by atoms with van der Waals surface area (Å²) >= 11 is 3.28. The number of likely N-dealkylation sites (N-methyl/N-ethyl adjacent to an activating group) is 1. The van der Waals surface area contributed by atoms with Crippen molar-refractivity contribution in [3.8, 4) is 0 Å². The maximum Gasteiger partial charge on any atom is 0.178 e. The lowest BCUT2D eigenvalue weighted by molar-refractivity contribution is 0.0994. The van der Waals surface area contributed by atoms with Gasteiger partial charge in [-0.05, 0) is 25.2 Å². The number of hydrogen-bond donors (Lipinski definition) is 2. The largest absolute Gasteiger partial charge is 0.398 e. The highest BCUT2D eigenvalue weighted by Crippen LogP contribution is 2.18. The van der Waals surface area contributed by atoms with Crippen molar-refractivity contribution in [2.24, 2.45) is 0 Å². The molecule has 3 N–H and O–H groups in total. The first kappa shape index (κ1) is 10.2. The molecule has 1 aromatic carbocycles. The topological polar surface area (TPSA) is 55.1 Å². The molecule has 0 amide bonds. The zero-order valence-corrected chi connectivity index (χ0v) is 8.89. The minimum Gasteiger partial charge on any atom is -0.398 e. The second-order valence-corrected chi connectivity index (χ2v) is 3.60. The molecular formula is C9H11BrN2O. The predicted octanol–water partition coefficient (Wildman–Crippen LogP) is 1.43. The van der Waals surface area contributed by atoms with E-state index in [-0.39, 0.29) is 5.78 Å². The van der Waals surface area contributed by atoms with Gasteiger partial charge >= 0.3 is 0 Å². The van der Waals surface area contributed by atoms with Crippen LogP contribution in [0.15, 0.2) is 22.7 Å². The van der Waals surface area contributed by atoms with Crippen LogP contribution in [-0.4, -0.2) is 19.4 Å². The molecule has 0 saturated carbocycles. The Kier molecular flexibility index (Phi) is 3.45. The van der Waals surface area contributed by atoms with Crippen LogP contribution in [0.3, 0.4) is 0 Å². The van der Waals surface area contributed by atoms with Crippen LogP contribution in [0.5, 0.6) is 0 Å². The number of nitrogens with one attached hydrogen (secondary N) is 1. The minimum atomic E-state index is 0.00694. The molecule has 1 rings (SSSR count). The van der Waals surface area contributed by atoms with E-state index in [0.29, 0.717) is 17.8 Å². The molecule has 13 heavy (non-hydrogen) atoms. The van der Waals surface area contributed by atoms with E-state index in [1.165, 1.54) is 0 Å². The van der Waals surface area contributed by atoms with Crippen LogP contribution in [0.2, 0.25) is 0 Å². The summed E-state index contributed by atoms with van der Waals surface area (Å²) in [6, 6.07) is 5.25. The van der Waals surface area contributed by atoms with E-state index < -0.39 is 0 Å². The normalized spacial score (nSPS) is 10.0. The molecule has 1 aromatic rings. The Morgan fingerprint density at radius 1 is 1.62 bits per heavy atom. The molecule has 0 spiro atoms. The fourth-order valence-corrected chi connectivity index (χ4v) is 1.42. The first-order chi connectivity index (χ1) is 6.15. The Labute approximate surface area is 85.4 Å². The molecule has 0 aromatic heterocycles. The standard InChI is InChI=1S/C9H11BrN2O/c1-12-5-9(13)7-3-2-6(10)4-8(7)11/h2-4,12H,5,11H2,1H3. The van der Waals surface area contributed by atoms with E-state index in [2.05, 4.69) is 21.2 Å². The fraction of sp³-hybridized carbons (Fsp3) is 0.222. The molecule has 0 unspecified atom stereocenters. The zero-order chi connectivity index (χ0) is 9.84. The summed E-state index contributed by atoms with van der Waals surface area (Å²) < 4.78 is 0.881. The predicted molar refractivity (Wildman–Crippen MR) is 56.8 cm³/mol. The summed E-state index contributed by atoms with van der Waals surface area (Å²) in [7, 11) is 1.73. The van der Waals surface area contributed by atoms with Crippen LogP contribution in [0.4, 0.5) is 5.69 Å². The highest BCUT2D eigenvalue weighted by atomic mass is 79.9. The molecule has 0 heterocycles. The number of Topliss-reactive ketones (excluding diaryl/α,β-unsaturated/α-hetero) is 1. The van der Waals surface area contributed by atoms with Crippen molar-refractivity contribution in [2.75, 3.05) is 19.3 Å². The summed E-state index contributed by atoms with van der Waals surface area (Å²) in [5, 5.41) is 2.79. The summed E-state index contributed by atoms with van der Waals surface area (Å²) in [5.74, 6) is 0.00694. The van der Waals surface area contributed by atoms with E-state index in [9.17, 15) is 4.79 Å². The van der Waals surface area contributed by atoms with Crippen LogP contribution < -0.4 is 11.1 Å². The number of nitrogen functional groups attached to an aromatic ring is 1. The van der Waals surface area contributed by atoms with Crippen molar-refractivity contribution in [2.45, 2.75) is 0 Å². The number of ketones is 1. The molecule has 0 aliphatic carbocycles. The van der Waals surface area contributed by atoms with Gasteiger partial charge in [-0.25, -0.2) is 0 Å². The quantitative estimate of drug-likeness (QED) is 0.623. The Hall–Kier alpha value is -0.870. The number of rotatable bonds is 3. The van der Waals surface area contributed by atoms with Gasteiger partial charge in [0.25, 0.3) is 0 Å². The number of benzene rings is 1. The molecular weight excluding hydrogens is 232 g/mol. The van der Waals surface area contributed by atoms with E-state index in [4.69, 9.17) is 5.73 Å². The second kappa shape index (κ2) is 4.39. The van der Waals surface area contributed by atoms with Crippen molar-refractivity contribution in [3.63, 3.8) is 0 Å². The maximum atomic E-state index is 11.4. The first-order valence-corrected chi connectivity index (χ1v) is 4.67. The lowest BCUT2D eigenvalue weighted by Gasteiger charge is -2.04. The number of nitrogens with two attached hydrogens (primary N) is 1. The molecule has 0 fully saturated rings. The monoisotopic (exact) mass is 242 g/mol. The van der Waals surface area contributed by atoms with Crippen LogP contribution in [-0.2, 0) is 0 Å². The van der Waals surface area contributed by atoms with Crippen molar-refractivity contribution in [1.29, 1.82) is 0 Å². The Morgan fingerprint density at radius 3 is 2.85 bits per heavy atom. The Bertz CT molecular complexity index is 325. The van der Waals surface area contributed by atoms with Gasteiger partial charge in [0.15, 0.2) is 5.78 Å². The van der Waals surface area contributed by atoms with Crippen LogP contribution in [0, 0.1) is 0 Å². The average molecular weight is 243 g/mol. The Balaban J connectivity index is 2.95. The molecule has 0 radical (unpaired) electrons. The third-order valence-electron chi connectivity index (χ3n) is 1.65. The van der Waals surface area contributed by atoms with E-state index >= 15 is 0 Å². The van der Waals surface area contributed by atoms with Gasteiger partial charge in [-0.2, -0.15) is 0 Å². The number of carbonyl (C=O) groups excluding carboxylic acids is 1. The number of carbonyl (C=O) groups is 1. The molecule has 3 nitrogen and oxygen atoms in total. The Morgan fingerprint density at radius 2 is 2.31 bits per heavy atom. The molecule has 0 atom stereocenters. The summed E-state index contributed by atoms with van der Waals surface area (Å²) in [6.07, 6.45) is 0. The SMILES string of the molecule is CNCC(=O)c1ccc(Br)cc1N. The molecule has 70 valence electrons. The number of anilines is 1. The average Bonchev–Trinajstić information content (AvgIpc) is 2.04. The van der Waals surface area contributed by atoms with Crippen molar-refractivity contribution < 1.29 is 4.79 Å². The van der Waals surface area contributed by atoms with Crippen molar-refractivity contribution >= 4 is 27.4 Å². The highest BCUT2D eigenvalue weighted by Gasteiger charge is 2.07. The van der Waals surface area contributed by atoms with Crippen molar-refractivity contribution in [1.82, 2.24) is 5.32 Å². The number of hydrogen-bond acceptors (Lipinski definition) is 3. The summed E-state index contributed by atoms with van der Waals surface area (Å²) in [4.78, 5) is 11.4. The molecule has 0 bridgehead atoms. The smallest absolute Gasteiger partial charge is 0.178 e. The van der Waals surface area contributed by atoms with Crippen LogP contribution in [0.25, 0.3) is 0 Å². The van der Waals surface area contributed by atoms with Crippen molar-refractivity contribution in [3.05, 3.63) is 28.2 Å². The molecule has 0 aliphatic rings. The second-order valence-electron chi connectivity index (χ2n) is 2.69. The first-order valence-electron chi connectivity index (χ1n) is 3.88. The lowest BCUT2D eigenvalue weighted by atomic mass is 10.1. The van der Waals surface area contributed by atoms with Crippen LogP contribution >= 0.6 is 15.9 Å². The van der Waals surface area contributed by atoms with E-state index in [1.807, 2.05) is 0 Å². The van der Waals surface area contributed by atoms with Gasteiger partial charge in [-0.1, -0.05) is 15.9 Å². The van der Waals surface area contributed by atoms with Gasteiger partial charge in [-0.3, -0.25) is 4.79 Å².